The van der Waals surface area contributed by atoms with Crippen molar-refractivity contribution >= 4 is 17.3 Å². The maximum Gasteiger partial charge on any atom is 0.339 e. The second-order valence-electron chi connectivity index (χ2n) is 5.20. The Bertz CT molecular complexity index is 457. The first-order chi connectivity index (χ1) is 7.79. The van der Waals surface area contributed by atoms with Crippen LogP contribution in [0.1, 0.15) is 55.4 Å². The van der Waals surface area contributed by atoms with Gasteiger partial charge in [-0.15, -0.1) is 11.3 Å². The number of ether oxygens (including phenoxy) is 2. The summed E-state index contributed by atoms with van der Waals surface area (Å²) < 4.78 is 11.1. The molecule has 0 aromatic carbocycles. The molecule has 1 aliphatic heterocycles. The molecular weight excluding hydrogens is 236 g/mol. The zero-order chi connectivity index (χ0) is 12.8. The molecule has 0 fully saturated rings. The standard InChI is InChI=1S/C13H18O3S/c1-6-15-11(14)8-7-17-10-9(8)12(2,3)16-13(10,4)5/h7H,6H2,1-5H3. The molecule has 0 unspecified atom stereocenters. The molecule has 4 heteroatoms. The van der Waals surface area contributed by atoms with Gasteiger partial charge in [-0.3, -0.25) is 0 Å². The molecule has 3 nitrogen and oxygen atoms in total. The van der Waals surface area contributed by atoms with E-state index in [1.165, 1.54) is 0 Å². The number of fused-ring (bicyclic) bond motifs is 1. The summed E-state index contributed by atoms with van der Waals surface area (Å²) in [4.78, 5) is 13.0. The lowest BCUT2D eigenvalue weighted by Gasteiger charge is -2.25. The monoisotopic (exact) mass is 254 g/mol. The minimum atomic E-state index is -0.430. The largest absolute Gasteiger partial charge is 0.462 e. The molecular formula is C13H18O3S. The first-order valence-electron chi connectivity index (χ1n) is 5.79. The maximum atomic E-state index is 11.9. The number of carbonyl (C=O) groups excluding carboxylic acids is 1. The molecule has 0 amide bonds. The zero-order valence-electron chi connectivity index (χ0n) is 10.9. The van der Waals surface area contributed by atoms with E-state index >= 15 is 0 Å². The van der Waals surface area contributed by atoms with E-state index in [4.69, 9.17) is 9.47 Å². The first-order valence-corrected chi connectivity index (χ1v) is 6.67. The van der Waals surface area contributed by atoms with Crippen LogP contribution >= 0.6 is 11.3 Å². The molecule has 17 heavy (non-hydrogen) atoms. The topological polar surface area (TPSA) is 35.5 Å². The molecule has 1 aliphatic rings. The van der Waals surface area contributed by atoms with Crippen molar-refractivity contribution < 1.29 is 14.3 Å². The summed E-state index contributed by atoms with van der Waals surface area (Å²) in [6.07, 6.45) is 0. The van der Waals surface area contributed by atoms with E-state index in [0.29, 0.717) is 12.2 Å². The molecule has 0 bridgehead atoms. The molecule has 0 aliphatic carbocycles. The lowest BCUT2D eigenvalue weighted by atomic mass is 9.94. The Morgan fingerprint density at radius 1 is 1.35 bits per heavy atom. The van der Waals surface area contributed by atoms with Crippen LogP contribution in [0.2, 0.25) is 0 Å². The maximum absolute atomic E-state index is 11.9. The molecule has 1 aromatic heterocycles. The molecule has 0 atom stereocenters. The van der Waals surface area contributed by atoms with Crippen molar-refractivity contribution in [3.05, 3.63) is 21.4 Å². The van der Waals surface area contributed by atoms with Crippen LogP contribution in [0, 0.1) is 0 Å². The third kappa shape index (κ3) is 1.89. The van der Waals surface area contributed by atoms with E-state index in [1.54, 1.807) is 11.3 Å². The van der Waals surface area contributed by atoms with Gasteiger partial charge in [0.25, 0.3) is 0 Å². The fourth-order valence-corrected chi connectivity index (χ4v) is 3.74. The number of thiophene rings is 1. The normalized spacial score (nSPS) is 20.1. The minimum absolute atomic E-state index is 0.251. The second kappa shape index (κ2) is 3.82. The Labute approximate surface area is 106 Å². The van der Waals surface area contributed by atoms with Gasteiger partial charge in [0, 0.05) is 15.8 Å². The van der Waals surface area contributed by atoms with Crippen molar-refractivity contribution in [1.82, 2.24) is 0 Å². The Hall–Kier alpha value is -0.870. The Kier molecular flexibility index (Phi) is 2.83. The lowest BCUT2D eigenvalue weighted by Crippen LogP contribution is -2.24. The summed E-state index contributed by atoms with van der Waals surface area (Å²) in [5, 5.41) is 1.88. The third-order valence-electron chi connectivity index (χ3n) is 2.95. The average molecular weight is 254 g/mol. The highest BCUT2D eigenvalue weighted by Crippen LogP contribution is 2.51. The van der Waals surface area contributed by atoms with Crippen molar-refractivity contribution in [1.29, 1.82) is 0 Å². The summed E-state index contributed by atoms with van der Waals surface area (Å²) in [6, 6.07) is 0. The van der Waals surface area contributed by atoms with Gasteiger partial charge in [0.1, 0.15) is 0 Å². The van der Waals surface area contributed by atoms with E-state index in [9.17, 15) is 4.79 Å². The summed E-state index contributed by atoms with van der Waals surface area (Å²) in [5.74, 6) is -0.251. The molecule has 1 aromatic rings. The number of hydrogen-bond donors (Lipinski definition) is 0. The van der Waals surface area contributed by atoms with E-state index in [0.717, 1.165) is 10.4 Å². The summed E-state index contributed by atoms with van der Waals surface area (Å²) in [7, 11) is 0. The van der Waals surface area contributed by atoms with Crippen molar-refractivity contribution in [2.45, 2.75) is 45.8 Å². The molecule has 94 valence electrons. The third-order valence-corrected chi connectivity index (χ3v) is 4.23. The van der Waals surface area contributed by atoms with Gasteiger partial charge in [0.2, 0.25) is 0 Å². The average Bonchev–Trinajstić information content (AvgIpc) is 2.67. The van der Waals surface area contributed by atoms with Gasteiger partial charge in [-0.1, -0.05) is 0 Å². The van der Waals surface area contributed by atoms with Crippen molar-refractivity contribution in [3.63, 3.8) is 0 Å². The van der Waals surface area contributed by atoms with Gasteiger partial charge in [0.15, 0.2) is 0 Å². The van der Waals surface area contributed by atoms with Crippen molar-refractivity contribution in [3.8, 4) is 0 Å². The first kappa shape index (κ1) is 12.6. The number of esters is 1. The van der Waals surface area contributed by atoms with E-state index in [2.05, 4.69) is 0 Å². The van der Waals surface area contributed by atoms with Crippen molar-refractivity contribution in [2.75, 3.05) is 6.61 Å². The molecule has 2 heterocycles. The molecule has 0 N–H and O–H groups in total. The van der Waals surface area contributed by atoms with E-state index in [1.807, 2.05) is 40.0 Å². The predicted molar refractivity (Wildman–Crippen MR) is 67.4 cm³/mol. The van der Waals surface area contributed by atoms with Crippen molar-refractivity contribution in [2.24, 2.45) is 0 Å². The fraction of sp³-hybridized carbons (Fsp3) is 0.615. The van der Waals surface area contributed by atoms with Crippen LogP contribution in [-0.4, -0.2) is 12.6 Å². The zero-order valence-corrected chi connectivity index (χ0v) is 11.7. The molecule has 0 radical (unpaired) electrons. The molecule has 0 saturated carbocycles. The Morgan fingerprint density at radius 3 is 2.59 bits per heavy atom. The Morgan fingerprint density at radius 2 is 2.00 bits per heavy atom. The fourth-order valence-electron chi connectivity index (χ4n) is 2.49. The Balaban J connectivity index is 2.51. The number of rotatable bonds is 2. The van der Waals surface area contributed by atoms with Crippen LogP contribution in [0.15, 0.2) is 5.38 Å². The van der Waals surface area contributed by atoms with E-state index in [-0.39, 0.29) is 11.6 Å². The SMILES string of the molecule is CCOC(=O)c1csc2c1C(C)(C)OC2(C)C. The number of carbonyl (C=O) groups is 1. The van der Waals surface area contributed by atoms with Gasteiger partial charge in [-0.25, -0.2) is 4.79 Å². The van der Waals surface area contributed by atoms with E-state index < -0.39 is 5.60 Å². The summed E-state index contributed by atoms with van der Waals surface area (Å²) in [5.41, 5.74) is 0.892. The quantitative estimate of drug-likeness (QED) is 0.759. The van der Waals surface area contributed by atoms with Crippen LogP contribution in [0.4, 0.5) is 0 Å². The molecule has 0 spiro atoms. The van der Waals surface area contributed by atoms with Gasteiger partial charge in [-0.2, -0.15) is 0 Å². The van der Waals surface area contributed by atoms with Gasteiger partial charge >= 0.3 is 5.97 Å². The molecule has 0 saturated heterocycles. The van der Waals surface area contributed by atoms with Gasteiger partial charge < -0.3 is 9.47 Å². The highest BCUT2D eigenvalue weighted by molar-refractivity contribution is 7.10. The van der Waals surface area contributed by atoms with Gasteiger partial charge in [-0.05, 0) is 34.6 Å². The second-order valence-corrected chi connectivity index (χ2v) is 6.08. The van der Waals surface area contributed by atoms with Gasteiger partial charge in [0.05, 0.1) is 23.4 Å². The smallest absolute Gasteiger partial charge is 0.339 e. The highest BCUT2D eigenvalue weighted by atomic mass is 32.1. The molecule has 2 rings (SSSR count). The van der Waals surface area contributed by atoms with Crippen LogP contribution in [0.3, 0.4) is 0 Å². The number of hydrogen-bond acceptors (Lipinski definition) is 4. The minimum Gasteiger partial charge on any atom is -0.462 e. The predicted octanol–water partition coefficient (Wildman–Crippen LogP) is 3.43. The lowest BCUT2D eigenvalue weighted by molar-refractivity contribution is -0.104. The summed E-state index contributed by atoms with van der Waals surface area (Å²) >= 11 is 1.58. The highest BCUT2D eigenvalue weighted by Gasteiger charge is 2.47. The summed E-state index contributed by atoms with van der Waals surface area (Å²) in [6.45, 7) is 10.3. The van der Waals surface area contributed by atoms with Crippen LogP contribution in [-0.2, 0) is 20.7 Å². The van der Waals surface area contributed by atoms with Crippen LogP contribution < -0.4 is 0 Å². The van der Waals surface area contributed by atoms with Crippen LogP contribution in [0.5, 0.6) is 0 Å². The van der Waals surface area contributed by atoms with Crippen LogP contribution in [0.25, 0.3) is 0 Å².